The molecule has 0 amide bonds. The monoisotopic (exact) mass is 314 g/mol. The zero-order valence-electron chi connectivity index (χ0n) is 13.8. The summed E-state index contributed by atoms with van der Waals surface area (Å²) in [6.07, 6.45) is 0. The van der Waals surface area contributed by atoms with Crippen LogP contribution >= 0.6 is 0 Å². The number of methoxy groups -OCH3 is 1. The average Bonchev–Trinajstić information content (AvgIpc) is 2.48. The first kappa shape index (κ1) is 16.2. The van der Waals surface area contributed by atoms with Crippen LogP contribution < -0.4 is 10.4 Å². The van der Waals surface area contributed by atoms with Crippen molar-refractivity contribution in [2.75, 3.05) is 7.11 Å². The molecular weight excluding hydrogens is 288 g/mol. The highest BCUT2D eigenvalue weighted by molar-refractivity contribution is 7.49. The van der Waals surface area contributed by atoms with E-state index in [2.05, 4.69) is 80.8 Å². The molecule has 0 atom stereocenters. The molecule has 0 aliphatic carbocycles. The van der Waals surface area contributed by atoms with Crippen LogP contribution in [-0.4, -0.2) is 22.3 Å². The maximum Gasteiger partial charge on any atom is 0.0791 e. The van der Waals surface area contributed by atoms with Crippen LogP contribution in [0.15, 0.2) is 54.6 Å². The molecule has 112 valence electrons. The average molecular weight is 315 g/mol. The molecule has 0 unspecified atom stereocenters. The van der Waals surface area contributed by atoms with Crippen LogP contribution in [0.25, 0.3) is 0 Å². The van der Waals surface area contributed by atoms with E-state index in [1.165, 1.54) is 5.56 Å². The second-order valence-electron chi connectivity index (χ2n) is 6.75. The molecule has 0 fully saturated rings. The Labute approximate surface area is 130 Å². The van der Waals surface area contributed by atoms with Crippen LogP contribution in [0.1, 0.15) is 5.56 Å². The van der Waals surface area contributed by atoms with Crippen LogP contribution in [0.3, 0.4) is 0 Å². The maximum atomic E-state index is 5.29. The summed E-state index contributed by atoms with van der Waals surface area (Å²) in [7, 11) is -1.26. The van der Waals surface area contributed by atoms with E-state index >= 15 is 0 Å². The Hall–Kier alpha value is -1.17. The maximum absolute atomic E-state index is 5.29. The number of ether oxygens (including phenoxy) is 1. The molecule has 0 spiro atoms. The molecule has 2 rings (SSSR count). The first-order chi connectivity index (χ1) is 9.89. The predicted octanol–water partition coefficient (Wildman–Crippen LogP) is 3.44. The van der Waals surface area contributed by atoms with Crippen LogP contribution in [0.5, 0.6) is 0 Å². The Bertz CT molecular complexity index is 591. The zero-order valence-corrected chi connectivity index (χ0v) is 15.8. The second-order valence-corrected chi connectivity index (χ2v) is 21.9. The van der Waals surface area contributed by atoms with Crippen molar-refractivity contribution < 1.29 is 4.74 Å². The van der Waals surface area contributed by atoms with Crippen molar-refractivity contribution in [1.82, 2.24) is 0 Å². The van der Waals surface area contributed by atoms with Gasteiger partial charge in [-0.1, -0.05) is 91.2 Å². The van der Waals surface area contributed by atoms with E-state index in [4.69, 9.17) is 4.74 Å². The number of benzene rings is 2. The molecule has 1 nitrogen and oxygen atoms in total. The Kier molecular flexibility index (Phi) is 4.86. The van der Waals surface area contributed by atoms with Crippen molar-refractivity contribution in [3.05, 3.63) is 60.2 Å². The van der Waals surface area contributed by atoms with E-state index < -0.39 is 15.2 Å². The lowest BCUT2D eigenvalue weighted by Gasteiger charge is -2.39. The largest absolute Gasteiger partial charge is 0.380 e. The number of hydrogen-bond acceptors (Lipinski definition) is 1. The molecule has 0 aromatic heterocycles. The molecule has 2 aromatic rings. The Morgan fingerprint density at radius 2 is 1.33 bits per heavy atom. The van der Waals surface area contributed by atoms with Gasteiger partial charge in [-0.2, -0.15) is 0 Å². The molecule has 0 saturated heterocycles. The van der Waals surface area contributed by atoms with Gasteiger partial charge in [-0.3, -0.25) is 0 Å². The molecule has 0 radical (unpaired) electrons. The molecule has 21 heavy (non-hydrogen) atoms. The van der Waals surface area contributed by atoms with Gasteiger partial charge >= 0.3 is 0 Å². The number of hydrogen-bond donors (Lipinski definition) is 0. The smallest absolute Gasteiger partial charge is 0.0791 e. The fourth-order valence-corrected chi connectivity index (χ4v) is 11.6. The van der Waals surface area contributed by atoms with Gasteiger partial charge < -0.3 is 4.74 Å². The second kappa shape index (κ2) is 6.30. The Balaban J connectivity index is 2.43. The Morgan fingerprint density at radius 1 is 0.762 bits per heavy atom. The quantitative estimate of drug-likeness (QED) is 0.768. The normalized spacial score (nSPS) is 12.4. The molecule has 0 bridgehead atoms. The summed E-state index contributed by atoms with van der Waals surface area (Å²) >= 11 is 0. The van der Waals surface area contributed by atoms with Crippen LogP contribution in [0, 0.1) is 0 Å². The highest BCUT2D eigenvalue weighted by Crippen LogP contribution is 2.20. The molecule has 0 N–H and O–H groups in total. The van der Waals surface area contributed by atoms with Crippen molar-refractivity contribution in [3.63, 3.8) is 0 Å². The summed E-state index contributed by atoms with van der Waals surface area (Å²) in [4.78, 5) is 0. The van der Waals surface area contributed by atoms with Gasteiger partial charge in [-0.25, -0.2) is 0 Å². The highest BCUT2D eigenvalue weighted by atomic mass is 29.3. The van der Waals surface area contributed by atoms with Crippen molar-refractivity contribution in [2.45, 2.75) is 32.8 Å². The van der Waals surface area contributed by atoms with Gasteiger partial charge in [-0.15, -0.1) is 0 Å². The first-order valence-electron chi connectivity index (χ1n) is 7.53. The minimum absolute atomic E-state index is 0.700. The molecular formula is C18H26OSi2. The summed E-state index contributed by atoms with van der Waals surface area (Å²) in [6.45, 7) is 10.8. The van der Waals surface area contributed by atoms with Crippen LogP contribution in [0.2, 0.25) is 26.2 Å². The van der Waals surface area contributed by atoms with Crippen molar-refractivity contribution in [2.24, 2.45) is 0 Å². The van der Waals surface area contributed by atoms with Gasteiger partial charge in [0.2, 0.25) is 0 Å². The standard InChI is InChI=1S/C18H26OSi2/c1-19-15-16-10-9-13-18(14-16)21(4,5)20(2,3)17-11-7-6-8-12-17/h6-14H,15H2,1-5H3. The number of rotatable bonds is 5. The van der Waals surface area contributed by atoms with E-state index in [0.29, 0.717) is 6.61 Å². The lowest BCUT2D eigenvalue weighted by atomic mass is 10.2. The third kappa shape index (κ3) is 3.20. The van der Waals surface area contributed by atoms with Gasteiger partial charge in [-0.05, 0) is 5.56 Å². The third-order valence-electron chi connectivity index (χ3n) is 5.02. The predicted molar refractivity (Wildman–Crippen MR) is 97.8 cm³/mol. The van der Waals surface area contributed by atoms with E-state index in [1.807, 2.05) is 0 Å². The van der Waals surface area contributed by atoms with Gasteiger partial charge in [0, 0.05) is 7.11 Å². The first-order valence-corrected chi connectivity index (χ1v) is 14.5. The fourth-order valence-electron chi connectivity index (χ4n) is 2.79. The zero-order chi connectivity index (χ0) is 15.5. The molecule has 3 heteroatoms. The minimum Gasteiger partial charge on any atom is -0.380 e. The van der Waals surface area contributed by atoms with E-state index in [1.54, 1.807) is 17.5 Å². The summed E-state index contributed by atoms with van der Waals surface area (Å²) < 4.78 is 5.29. The van der Waals surface area contributed by atoms with E-state index in [9.17, 15) is 0 Å². The minimum atomic E-state index is -1.52. The molecule has 0 saturated carbocycles. The van der Waals surface area contributed by atoms with Crippen LogP contribution in [-0.2, 0) is 11.3 Å². The highest BCUT2D eigenvalue weighted by Gasteiger charge is 2.43. The van der Waals surface area contributed by atoms with E-state index in [-0.39, 0.29) is 0 Å². The molecule has 0 aliphatic heterocycles. The molecule has 0 heterocycles. The van der Waals surface area contributed by atoms with Crippen molar-refractivity contribution >= 4 is 25.6 Å². The van der Waals surface area contributed by atoms with Gasteiger partial charge in [0.25, 0.3) is 0 Å². The van der Waals surface area contributed by atoms with Gasteiger partial charge in [0.15, 0.2) is 0 Å². The topological polar surface area (TPSA) is 9.23 Å². The SMILES string of the molecule is COCc1cccc([Si](C)(C)[Si](C)(C)c2ccccc2)c1. The van der Waals surface area contributed by atoms with Crippen LogP contribution in [0.4, 0.5) is 0 Å². The summed E-state index contributed by atoms with van der Waals surface area (Å²) in [6, 6.07) is 20.1. The third-order valence-corrected chi connectivity index (χ3v) is 22.8. The summed E-state index contributed by atoms with van der Waals surface area (Å²) in [5, 5.41) is 3.12. The molecule has 2 aromatic carbocycles. The van der Waals surface area contributed by atoms with Crippen molar-refractivity contribution in [1.29, 1.82) is 0 Å². The Morgan fingerprint density at radius 3 is 1.95 bits per heavy atom. The van der Waals surface area contributed by atoms with Gasteiger partial charge in [0.05, 0.1) is 21.8 Å². The lowest BCUT2D eigenvalue weighted by molar-refractivity contribution is 0.185. The summed E-state index contributed by atoms with van der Waals surface area (Å²) in [5.41, 5.74) is 1.29. The lowest BCUT2D eigenvalue weighted by Crippen LogP contribution is -2.69. The van der Waals surface area contributed by atoms with Crippen molar-refractivity contribution in [3.8, 4) is 0 Å². The van der Waals surface area contributed by atoms with E-state index in [0.717, 1.165) is 0 Å². The summed E-state index contributed by atoms with van der Waals surface area (Å²) in [5.74, 6) is 0. The fraction of sp³-hybridized carbons (Fsp3) is 0.333. The molecule has 0 aliphatic rings. The van der Waals surface area contributed by atoms with Gasteiger partial charge in [0.1, 0.15) is 0 Å².